The molecule has 0 bridgehead atoms. The molecule has 0 spiro atoms. The molecule has 0 saturated heterocycles. The molecular formula is C12H23N3O. The third kappa shape index (κ3) is 2.83. The number of aromatic nitrogens is 2. The predicted molar refractivity (Wildman–Crippen MR) is 65.6 cm³/mol. The molecule has 0 aliphatic carbocycles. The van der Waals surface area contributed by atoms with Crippen molar-refractivity contribution in [2.24, 2.45) is 5.73 Å². The van der Waals surface area contributed by atoms with Gasteiger partial charge in [0.25, 0.3) is 0 Å². The molecule has 92 valence electrons. The summed E-state index contributed by atoms with van der Waals surface area (Å²) in [4.78, 5) is 0. The maximum atomic E-state index is 5.66. The van der Waals surface area contributed by atoms with Crippen LogP contribution in [0.2, 0.25) is 0 Å². The summed E-state index contributed by atoms with van der Waals surface area (Å²) in [6.45, 7) is 6.54. The van der Waals surface area contributed by atoms with Gasteiger partial charge < -0.3 is 10.5 Å². The Kier molecular flexibility index (Phi) is 5.49. The highest BCUT2D eigenvalue weighted by molar-refractivity contribution is 5.27. The molecule has 0 saturated carbocycles. The average molecular weight is 225 g/mol. The van der Waals surface area contributed by atoms with Gasteiger partial charge in [-0.25, -0.2) is 0 Å². The monoisotopic (exact) mass is 225 g/mol. The van der Waals surface area contributed by atoms with Crippen molar-refractivity contribution in [1.82, 2.24) is 9.78 Å². The van der Waals surface area contributed by atoms with E-state index in [1.54, 1.807) is 7.11 Å². The van der Waals surface area contributed by atoms with Crippen molar-refractivity contribution in [1.29, 1.82) is 0 Å². The van der Waals surface area contributed by atoms with Crippen LogP contribution in [0.3, 0.4) is 0 Å². The fourth-order valence-corrected chi connectivity index (χ4v) is 2.06. The van der Waals surface area contributed by atoms with Crippen molar-refractivity contribution in [3.63, 3.8) is 0 Å². The number of rotatable bonds is 7. The summed E-state index contributed by atoms with van der Waals surface area (Å²) >= 11 is 0. The van der Waals surface area contributed by atoms with E-state index in [2.05, 4.69) is 23.6 Å². The third-order valence-electron chi connectivity index (χ3n) is 2.82. The summed E-state index contributed by atoms with van der Waals surface area (Å²) in [7, 11) is 1.72. The molecule has 0 amide bonds. The van der Waals surface area contributed by atoms with E-state index in [4.69, 9.17) is 10.5 Å². The molecule has 0 aliphatic rings. The van der Waals surface area contributed by atoms with Crippen molar-refractivity contribution in [2.75, 3.05) is 20.3 Å². The first-order chi connectivity index (χ1) is 7.78. The van der Waals surface area contributed by atoms with Crippen LogP contribution in [0, 0.1) is 0 Å². The van der Waals surface area contributed by atoms with Gasteiger partial charge in [-0.2, -0.15) is 5.10 Å². The van der Waals surface area contributed by atoms with Crippen LogP contribution in [0.4, 0.5) is 0 Å². The minimum atomic E-state index is 0.690. The Hall–Kier alpha value is -0.870. The molecule has 0 unspecified atom stereocenters. The number of nitrogens with two attached hydrogens (primary N) is 1. The molecule has 0 aromatic carbocycles. The first-order valence-corrected chi connectivity index (χ1v) is 6.04. The van der Waals surface area contributed by atoms with Gasteiger partial charge in [-0.3, -0.25) is 4.68 Å². The van der Waals surface area contributed by atoms with Crippen LogP contribution < -0.4 is 5.73 Å². The molecule has 4 heteroatoms. The minimum absolute atomic E-state index is 0.690. The van der Waals surface area contributed by atoms with Gasteiger partial charge in [-0.15, -0.1) is 0 Å². The van der Waals surface area contributed by atoms with E-state index in [9.17, 15) is 0 Å². The van der Waals surface area contributed by atoms with E-state index in [0.29, 0.717) is 13.2 Å². The van der Waals surface area contributed by atoms with Crippen molar-refractivity contribution in [2.45, 2.75) is 39.7 Å². The Morgan fingerprint density at radius 1 is 1.31 bits per heavy atom. The number of ether oxygens (including phenoxy) is 1. The summed E-state index contributed by atoms with van der Waals surface area (Å²) in [6.07, 6.45) is 2.91. The molecule has 0 fully saturated rings. The molecule has 4 nitrogen and oxygen atoms in total. The van der Waals surface area contributed by atoms with Crippen LogP contribution >= 0.6 is 0 Å². The Morgan fingerprint density at radius 2 is 2.06 bits per heavy atom. The standard InChI is InChI=1S/C12H23N3O/c1-4-11-10(6-7-13)12(5-2)15(14-11)8-9-16-3/h4-9,13H2,1-3H3. The smallest absolute Gasteiger partial charge is 0.0658 e. The highest BCUT2D eigenvalue weighted by Gasteiger charge is 2.14. The molecule has 0 atom stereocenters. The largest absolute Gasteiger partial charge is 0.383 e. The Morgan fingerprint density at radius 3 is 2.56 bits per heavy atom. The predicted octanol–water partition coefficient (Wildman–Crippen LogP) is 1.16. The van der Waals surface area contributed by atoms with Gasteiger partial charge in [0.2, 0.25) is 0 Å². The maximum absolute atomic E-state index is 5.66. The van der Waals surface area contributed by atoms with Crippen LogP contribution in [0.15, 0.2) is 0 Å². The molecule has 1 aromatic heterocycles. The summed E-state index contributed by atoms with van der Waals surface area (Å²) in [5.41, 5.74) is 9.52. The van der Waals surface area contributed by atoms with E-state index in [-0.39, 0.29) is 0 Å². The lowest BCUT2D eigenvalue weighted by molar-refractivity contribution is 0.182. The lowest BCUT2D eigenvalue weighted by atomic mass is 10.1. The Balaban J connectivity index is 2.98. The quantitative estimate of drug-likeness (QED) is 0.757. The highest BCUT2D eigenvalue weighted by Crippen LogP contribution is 2.16. The zero-order valence-electron chi connectivity index (χ0n) is 10.6. The third-order valence-corrected chi connectivity index (χ3v) is 2.82. The highest BCUT2D eigenvalue weighted by atomic mass is 16.5. The maximum Gasteiger partial charge on any atom is 0.0658 e. The molecule has 1 rings (SSSR count). The first-order valence-electron chi connectivity index (χ1n) is 6.04. The summed E-state index contributed by atoms with van der Waals surface area (Å²) in [5, 5.41) is 4.64. The van der Waals surface area contributed by atoms with Gasteiger partial charge in [0, 0.05) is 12.8 Å². The first kappa shape index (κ1) is 13.2. The Labute approximate surface area is 97.8 Å². The fourth-order valence-electron chi connectivity index (χ4n) is 2.06. The number of hydrogen-bond donors (Lipinski definition) is 1. The van der Waals surface area contributed by atoms with Crippen molar-refractivity contribution in [3.05, 3.63) is 17.0 Å². The molecule has 1 aromatic rings. The van der Waals surface area contributed by atoms with Crippen molar-refractivity contribution < 1.29 is 4.74 Å². The van der Waals surface area contributed by atoms with Gasteiger partial charge >= 0.3 is 0 Å². The van der Waals surface area contributed by atoms with Crippen molar-refractivity contribution >= 4 is 0 Å². The average Bonchev–Trinajstić information content (AvgIpc) is 2.64. The van der Waals surface area contributed by atoms with Gasteiger partial charge in [0.05, 0.1) is 18.8 Å². The molecule has 0 aliphatic heterocycles. The van der Waals surface area contributed by atoms with Gasteiger partial charge in [-0.05, 0) is 31.4 Å². The minimum Gasteiger partial charge on any atom is -0.383 e. The molecular weight excluding hydrogens is 202 g/mol. The molecule has 2 N–H and O–H groups in total. The molecule has 0 radical (unpaired) electrons. The topological polar surface area (TPSA) is 53.1 Å². The van der Waals surface area contributed by atoms with E-state index < -0.39 is 0 Å². The zero-order chi connectivity index (χ0) is 12.0. The van der Waals surface area contributed by atoms with E-state index >= 15 is 0 Å². The van der Waals surface area contributed by atoms with E-state index in [0.717, 1.165) is 25.8 Å². The van der Waals surface area contributed by atoms with E-state index in [1.807, 2.05) is 0 Å². The lowest BCUT2D eigenvalue weighted by Crippen LogP contribution is -2.10. The summed E-state index contributed by atoms with van der Waals surface area (Å²) in [6, 6.07) is 0. The number of hydrogen-bond acceptors (Lipinski definition) is 3. The van der Waals surface area contributed by atoms with Crippen LogP contribution in [-0.4, -0.2) is 30.0 Å². The fraction of sp³-hybridized carbons (Fsp3) is 0.750. The number of aryl methyl sites for hydroxylation is 1. The normalized spacial score (nSPS) is 11.0. The van der Waals surface area contributed by atoms with E-state index in [1.165, 1.54) is 17.0 Å². The number of methoxy groups -OCH3 is 1. The lowest BCUT2D eigenvalue weighted by Gasteiger charge is -2.06. The van der Waals surface area contributed by atoms with Gasteiger partial charge in [0.1, 0.15) is 0 Å². The second kappa shape index (κ2) is 6.66. The molecule has 16 heavy (non-hydrogen) atoms. The summed E-state index contributed by atoms with van der Waals surface area (Å²) in [5.74, 6) is 0. The Bertz CT molecular complexity index is 320. The van der Waals surface area contributed by atoms with Crippen molar-refractivity contribution in [3.8, 4) is 0 Å². The van der Waals surface area contributed by atoms with Crippen LogP contribution in [0.5, 0.6) is 0 Å². The van der Waals surface area contributed by atoms with Crippen LogP contribution in [0.1, 0.15) is 30.8 Å². The zero-order valence-corrected chi connectivity index (χ0v) is 10.6. The van der Waals surface area contributed by atoms with Gasteiger partial charge in [-0.1, -0.05) is 13.8 Å². The second-order valence-electron chi connectivity index (χ2n) is 3.83. The van der Waals surface area contributed by atoms with Crippen LogP contribution in [-0.2, 0) is 30.5 Å². The SMILES string of the molecule is CCc1nn(CCOC)c(CC)c1CCN. The summed E-state index contributed by atoms with van der Waals surface area (Å²) < 4.78 is 7.18. The van der Waals surface area contributed by atoms with Crippen LogP contribution in [0.25, 0.3) is 0 Å². The van der Waals surface area contributed by atoms with Gasteiger partial charge in [0.15, 0.2) is 0 Å². The second-order valence-corrected chi connectivity index (χ2v) is 3.83. The molecule has 1 heterocycles. The number of nitrogens with zero attached hydrogens (tertiary/aromatic N) is 2.